The number of nitrogens with zero attached hydrogens (tertiary/aromatic N) is 2. The molecule has 35 heavy (non-hydrogen) atoms. The lowest BCUT2D eigenvalue weighted by atomic mass is 9.92. The molecule has 1 N–H and O–H groups in total. The van der Waals surface area contributed by atoms with Crippen LogP contribution in [0.2, 0.25) is 0 Å². The van der Waals surface area contributed by atoms with Gasteiger partial charge in [0.2, 0.25) is 15.9 Å². The fourth-order valence-electron chi connectivity index (χ4n) is 4.34. The summed E-state index contributed by atoms with van der Waals surface area (Å²) in [6.45, 7) is 4.52. The van der Waals surface area contributed by atoms with Crippen LogP contribution in [0.5, 0.6) is 5.75 Å². The van der Waals surface area contributed by atoms with Crippen LogP contribution in [0.15, 0.2) is 46.9 Å². The second-order valence-corrected chi connectivity index (χ2v) is 10.8. The minimum Gasteiger partial charge on any atom is -0.493 e. The van der Waals surface area contributed by atoms with E-state index in [9.17, 15) is 13.2 Å². The number of benzene rings is 2. The Morgan fingerprint density at radius 2 is 1.91 bits per heavy atom. The molecule has 0 unspecified atom stereocenters. The van der Waals surface area contributed by atoms with E-state index in [2.05, 4.69) is 4.98 Å². The zero-order valence-electron chi connectivity index (χ0n) is 20.0. The molecule has 186 valence electrons. The van der Waals surface area contributed by atoms with E-state index in [0.29, 0.717) is 44.1 Å². The van der Waals surface area contributed by atoms with Crippen LogP contribution >= 0.6 is 0 Å². The lowest BCUT2D eigenvalue weighted by Crippen LogP contribution is -2.37. The summed E-state index contributed by atoms with van der Waals surface area (Å²) < 4.78 is 38.4. The smallest absolute Gasteiger partial charge is 0.303 e. The molecule has 2 aromatic carbocycles. The predicted octanol–water partition coefficient (Wildman–Crippen LogP) is 4.00. The molecule has 8 nitrogen and oxygen atoms in total. The Balaban J connectivity index is 1.51. The molecular weight excluding hydrogens is 468 g/mol. The summed E-state index contributed by atoms with van der Waals surface area (Å²) in [6.07, 6.45) is 1.42. The highest BCUT2D eigenvalue weighted by molar-refractivity contribution is 7.89. The first-order valence-electron chi connectivity index (χ1n) is 11.8. The average molecular weight is 499 g/mol. The van der Waals surface area contributed by atoms with Gasteiger partial charge in [-0.2, -0.15) is 4.31 Å². The Kier molecular flexibility index (Phi) is 7.57. The number of aryl methyl sites for hydroxylation is 2. The van der Waals surface area contributed by atoms with Crippen molar-refractivity contribution in [3.63, 3.8) is 0 Å². The van der Waals surface area contributed by atoms with Crippen LogP contribution in [0.4, 0.5) is 0 Å². The third kappa shape index (κ3) is 5.74. The van der Waals surface area contributed by atoms with Gasteiger partial charge in [0.05, 0.1) is 18.1 Å². The fraction of sp³-hybridized carbons (Fsp3) is 0.385. The molecule has 1 aliphatic rings. The second kappa shape index (κ2) is 10.6. The molecule has 2 heterocycles. The number of carbonyl (C=O) groups is 1. The summed E-state index contributed by atoms with van der Waals surface area (Å²) in [5.74, 6) is 1.18. The van der Waals surface area contributed by atoms with Gasteiger partial charge in [-0.3, -0.25) is 4.79 Å². The van der Waals surface area contributed by atoms with E-state index >= 15 is 0 Å². The topological polar surface area (TPSA) is 110 Å². The maximum absolute atomic E-state index is 12.5. The first-order chi connectivity index (χ1) is 16.8. The zero-order chi connectivity index (χ0) is 25.0. The van der Waals surface area contributed by atoms with E-state index in [4.69, 9.17) is 14.3 Å². The van der Waals surface area contributed by atoms with Crippen LogP contribution < -0.4 is 4.74 Å². The first-order valence-corrected chi connectivity index (χ1v) is 13.4. The van der Waals surface area contributed by atoms with Gasteiger partial charge in [0.1, 0.15) is 11.5 Å². The lowest BCUT2D eigenvalue weighted by Gasteiger charge is -2.30. The van der Waals surface area contributed by atoms with Crippen LogP contribution in [0.1, 0.15) is 41.5 Å². The summed E-state index contributed by atoms with van der Waals surface area (Å²) in [5.41, 5.74) is 4.41. The van der Waals surface area contributed by atoms with E-state index < -0.39 is 16.0 Å². The van der Waals surface area contributed by atoms with Crippen molar-refractivity contribution in [2.24, 2.45) is 0 Å². The second-order valence-electron chi connectivity index (χ2n) is 8.54. The average Bonchev–Trinajstić information content (AvgIpc) is 3.23. The number of hydrogen-bond donors (Lipinski definition) is 1. The molecule has 4 rings (SSSR count). The molecule has 0 saturated heterocycles. The monoisotopic (exact) mass is 498 g/mol. The summed E-state index contributed by atoms with van der Waals surface area (Å²) in [5, 5.41) is 9.13. The Bertz CT molecular complexity index is 1300. The van der Waals surface area contributed by atoms with Crippen LogP contribution in [-0.4, -0.2) is 47.7 Å². The number of sulfonamides is 1. The van der Waals surface area contributed by atoms with Crippen LogP contribution in [0.3, 0.4) is 0 Å². The Morgan fingerprint density at radius 1 is 1.14 bits per heavy atom. The number of carboxylic acid groups (broad SMARTS) is 1. The number of aliphatic carboxylic acids is 1. The molecule has 9 heteroatoms. The molecule has 0 radical (unpaired) electrons. The zero-order valence-corrected chi connectivity index (χ0v) is 20.8. The largest absolute Gasteiger partial charge is 0.493 e. The molecule has 1 aliphatic heterocycles. The van der Waals surface area contributed by atoms with Crippen LogP contribution in [0, 0.1) is 6.92 Å². The summed E-state index contributed by atoms with van der Waals surface area (Å²) in [6, 6.07) is 13.4. The normalized spacial score (nSPS) is 14.0. The van der Waals surface area contributed by atoms with Gasteiger partial charge in [-0.05, 0) is 56.0 Å². The molecule has 3 aromatic rings. The van der Waals surface area contributed by atoms with Gasteiger partial charge >= 0.3 is 5.97 Å². The van der Waals surface area contributed by atoms with Crippen molar-refractivity contribution in [2.45, 2.75) is 46.1 Å². The van der Waals surface area contributed by atoms with Crippen molar-refractivity contribution < 1.29 is 27.5 Å². The van der Waals surface area contributed by atoms with Gasteiger partial charge in [0.25, 0.3) is 0 Å². The maximum atomic E-state index is 12.5. The fourth-order valence-corrected chi connectivity index (χ4v) is 5.40. The van der Waals surface area contributed by atoms with Crippen molar-refractivity contribution >= 4 is 16.0 Å². The van der Waals surface area contributed by atoms with E-state index in [1.165, 1.54) is 4.31 Å². The first kappa shape index (κ1) is 24.9. The molecule has 0 aliphatic carbocycles. The van der Waals surface area contributed by atoms with Gasteiger partial charge < -0.3 is 14.3 Å². The number of hydrogen-bond acceptors (Lipinski definition) is 6. The van der Waals surface area contributed by atoms with Gasteiger partial charge in [0.15, 0.2) is 0 Å². The summed E-state index contributed by atoms with van der Waals surface area (Å²) in [7, 11) is -3.35. The molecule has 1 aromatic heterocycles. The van der Waals surface area contributed by atoms with Crippen molar-refractivity contribution in [2.75, 3.05) is 18.9 Å². The molecule has 0 atom stereocenters. The van der Waals surface area contributed by atoms with Crippen molar-refractivity contribution in [1.82, 2.24) is 9.29 Å². The predicted molar refractivity (Wildman–Crippen MR) is 132 cm³/mol. The third-order valence-corrected chi connectivity index (χ3v) is 8.14. The number of ether oxygens (including phenoxy) is 1. The van der Waals surface area contributed by atoms with Crippen LogP contribution in [-0.2, 0) is 40.6 Å². The van der Waals surface area contributed by atoms with E-state index in [0.717, 1.165) is 33.7 Å². The molecule has 0 spiro atoms. The lowest BCUT2D eigenvalue weighted by molar-refractivity contribution is -0.136. The number of rotatable bonds is 10. The quantitative estimate of drug-likeness (QED) is 0.450. The van der Waals surface area contributed by atoms with Crippen molar-refractivity contribution in [3.05, 3.63) is 70.6 Å². The van der Waals surface area contributed by atoms with E-state index in [-0.39, 0.29) is 18.7 Å². The summed E-state index contributed by atoms with van der Waals surface area (Å²) >= 11 is 0. The van der Waals surface area contributed by atoms with Gasteiger partial charge in [-0.25, -0.2) is 13.4 Å². The number of aromatic nitrogens is 1. The minimum absolute atomic E-state index is 0.0116. The molecule has 0 amide bonds. The van der Waals surface area contributed by atoms with E-state index in [1.54, 1.807) is 6.92 Å². The minimum atomic E-state index is -3.35. The maximum Gasteiger partial charge on any atom is 0.303 e. The van der Waals surface area contributed by atoms with Gasteiger partial charge in [-0.1, -0.05) is 24.3 Å². The number of fused-ring (bicyclic) bond motifs is 1. The van der Waals surface area contributed by atoms with Crippen LogP contribution in [0.25, 0.3) is 11.5 Å². The van der Waals surface area contributed by atoms with Crippen molar-refractivity contribution in [1.29, 1.82) is 0 Å². The SMILES string of the molecule is CCS(=O)(=O)N1CCc2c(OCCc3nc(-c4ccccc4)oc3C)ccc(CCC(=O)O)c2C1. The highest BCUT2D eigenvalue weighted by Crippen LogP contribution is 2.33. The summed E-state index contributed by atoms with van der Waals surface area (Å²) in [4.78, 5) is 15.8. The highest BCUT2D eigenvalue weighted by atomic mass is 32.2. The standard InChI is InChI=1S/C26H30N2O6S/c1-3-35(31,32)28-15-13-21-22(17-28)19(10-12-25(29)30)9-11-24(21)33-16-14-23-18(2)34-26(27-23)20-7-5-4-6-8-20/h4-9,11H,3,10,12-17H2,1-2H3,(H,29,30). The number of carboxylic acids is 1. The molecule has 0 bridgehead atoms. The highest BCUT2D eigenvalue weighted by Gasteiger charge is 2.29. The number of oxazole rings is 1. The molecule has 0 fully saturated rings. The Labute approximate surface area is 205 Å². The van der Waals surface area contributed by atoms with Gasteiger partial charge in [-0.15, -0.1) is 0 Å². The third-order valence-electron chi connectivity index (χ3n) is 6.31. The van der Waals surface area contributed by atoms with E-state index in [1.807, 2.05) is 49.4 Å². The Morgan fingerprint density at radius 3 is 2.63 bits per heavy atom. The van der Waals surface area contributed by atoms with Crippen molar-refractivity contribution in [3.8, 4) is 17.2 Å². The Hall–Kier alpha value is -3.17. The molecular formula is C26H30N2O6S. The van der Waals surface area contributed by atoms with Gasteiger partial charge in [0, 0.05) is 37.1 Å². The molecule has 0 saturated carbocycles.